The molecule has 1 heterocycles. The third-order valence-electron chi connectivity index (χ3n) is 4.81. The molecule has 1 aliphatic heterocycles. The van der Waals surface area contributed by atoms with Crippen molar-refractivity contribution in [3.63, 3.8) is 0 Å². The van der Waals surface area contributed by atoms with Crippen LogP contribution in [0.5, 0.6) is 0 Å². The Morgan fingerprint density at radius 3 is 2.64 bits per heavy atom. The number of benzene rings is 1. The van der Waals surface area contributed by atoms with Crippen LogP contribution < -0.4 is 16.0 Å². The van der Waals surface area contributed by atoms with Crippen LogP contribution in [0.4, 0.5) is 11.4 Å². The van der Waals surface area contributed by atoms with E-state index >= 15 is 0 Å². The van der Waals surface area contributed by atoms with E-state index in [0.717, 1.165) is 55.5 Å². The van der Waals surface area contributed by atoms with Crippen molar-refractivity contribution in [2.45, 2.75) is 51.0 Å². The van der Waals surface area contributed by atoms with Crippen molar-refractivity contribution < 1.29 is 9.59 Å². The molecule has 0 unspecified atom stereocenters. The summed E-state index contributed by atoms with van der Waals surface area (Å²) in [5.74, 6) is -0.0350. The molecule has 0 atom stereocenters. The molecule has 22 heavy (non-hydrogen) atoms. The van der Waals surface area contributed by atoms with Crippen molar-refractivity contribution >= 4 is 23.2 Å². The normalized spacial score (nSPS) is 19.6. The smallest absolute Gasteiger partial charge is 0.244 e. The standard InChI is InChI=1S/C17H23N3O2/c1-12(21)20-10-7-13-11-14(5-6-15(13)20)19-16(22)17(18)8-3-2-4-9-17/h5-6,11H,2-4,7-10,18H2,1H3,(H,19,22). The molecular formula is C17H23N3O2. The van der Waals surface area contributed by atoms with Crippen LogP contribution in [0.15, 0.2) is 18.2 Å². The average Bonchev–Trinajstić information content (AvgIpc) is 2.91. The molecule has 0 saturated heterocycles. The fraction of sp³-hybridized carbons (Fsp3) is 0.529. The highest BCUT2D eigenvalue weighted by Gasteiger charge is 2.35. The van der Waals surface area contributed by atoms with Crippen molar-refractivity contribution in [1.82, 2.24) is 0 Å². The van der Waals surface area contributed by atoms with Crippen LogP contribution in [0.3, 0.4) is 0 Å². The van der Waals surface area contributed by atoms with Crippen molar-refractivity contribution in [1.29, 1.82) is 0 Å². The fourth-order valence-electron chi connectivity index (χ4n) is 3.47. The molecule has 1 aromatic carbocycles. The van der Waals surface area contributed by atoms with E-state index in [4.69, 9.17) is 5.73 Å². The van der Waals surface area contributed by atoms with Gasteiger partial charge in [0.25, 0.3) is 0 Å². The number of hydrogen-bond acceptors (Lipinski definition) is 3. The van der Waals surface area contributed by atoms with Crippen LogP contribution in [0, 0.1) is 0 Å². The first-order valence-corrected chi connectivity index (χ1v) is 8.01. The minimum atomic E-state index is -0.733. The van der Waals surface area contributed by atoms with Crippen LogP contribution >= 0.6 is 0 Å². The molecule has 5 heteroatoms. The molecule has 0 aromatic heterocycles. The Labute approximate surface area is 130 Å². The number of nitrogens with two attached hydrogens (primary N) is 1. The number of carbonyl (C=O) groups excluding carboxylic acids is 2. The number of nitrogens with zero attached hydrogens (tertiary/aromatic N) is 1. The number of carbonyl (C=O) groups is 2. The molecule has 5 nitrogen and oxygen atoms in total. The molecule has 0 bridgehead atoms. The summed E-state index contributed by atoms with van der Waals surface area (Å²) < 4.78 is 0. The lowest BCUT2D eigenvalue weighted by Crippen LogP contribution is -2.52. The molecule has 2 amide bonds. The van der Waals surface area contributed by atoms with E-state index in [0.29, 0.717) is 6.54 Å². The summed E-state index contributed by atoms with van der Waals surface area (Å²) >= 11 is 0. The second kappa shape index (κ2) is 5.72. The summed E-state index contributed by atoms with van der Waals surface area (Å²) in [5.41, 5.74) is 8.34. The second-order valence-corrected chi connectivity index (χ2v) is 6.44. The number of hydrogen-bond donors (Lipinski definition) is 2. The summed E-state index contributed by atoms with van der Waals surface area (Å²) in [6, 6.07) is 5.72. The van der Waals surface area contributed by atoms with E-state index in [1.165, 1.54) is 0 Å². The van der Waals surface area contributed by atoms with Crippen LogP contribution in [0.1, 0.15) is 44.6 Å². The summed E-state index contributed by atoms with van der Waals surface area (Å²) in [4.78, 5) is 25.8. The fourth-order valence-corrected chi connectivity index (χ4v) is 3.47. The zero-order valence-electron chi connectivity index (χ0n) is 13.0. The number of anilines is 2. The quantitative estimate of drug-likeness (QED) is 0.879. The van der Waals surface area contributed by atoms with E-state index in [1.807, 2.05) is 18.2 Å². The minimum absolute atomic E-state index is 0.0543. The van der Waals surface area contributed by atoms with Gasteiger partial charge in [-0.3, -0.25) is 9.59 Å². The van der Waals surface area contributed by atoms with Gasteiger partial charge in [0.1, 0.15) is 0 Å². The predicted octanol–water partition coefficient (Wildman–Crippen LogP) is 2.20. The Kier molecular flexibility index (Phi) is 3.91. The Bertz CT molecular complexity index is 606. The lowest BCUT2D eigenvalue weighted by Gasteiger charge is -2.31. The predicted molar refractivity (Wildman–Crippen MR) is 86.8 cm³/mol. The summed E-state index contributed by atoms with van der Waals surface area (Å²) in [6.45, 7) is 2.29. The zero-order valence-corrected chi connectivity index (χ0v) is 13.0. The first-order chi connectivity index (χ1) is 10.5. The molecule has 1 fully saturated rings. The van der Waals surface area contributed by atoms with Gasteiger partial charge in [-0.2, -0.15) is 0 Å². The van der Waals surface area contributed by atoms with Gasteiger partial charge in [0.05, 0.1) is 5.54 Å². The van der Waals surface area contributed by atoms with Gasteiger partial charge in [-0.25, -0.2) is 0 Å². The Hall–Kier alpha value is -1.88. The number of amides is 2. The van der Waals surface area contributed by atoms with Crippen LogP contribution in [-0.4, -0.2) is 23.9 Å². The van der Waals surface area contributed by atoms with Crippen molar-refractivity contribution in [3.8, 4) is 0 Å². The van der Waals surface area contributed by atoms with Gasteiger partial charge >= 0.3 is 0 Å². The molecule has 0 radical (unpaired) electrons. The van der Waals surface area contributed by atoms with Gasteiger partial charge in [0, 0.05) is 24.8 Å². The van der Waals surface area contributed by atoms with E-state index in [-0.39, 0.29) is 11.8 Å². The molecule has 118 valence electrons. The minimum Gasteiger partial charge on any atom is -0.324 e. The molecular weight excluding hydrogens is 278 g/mol. The number of nitrogens with one attached hydrogen (secondary N) is 1. The molecule has 1 aliphatic carbocycles. The molecule has 2 aliphatic rings. The van der Waals surface area contributed by atoms with Crippen LogP contribution in [0.25, 0.3) is 0 Å². The highest BCUT2D eigenvalue weighted by Crippen LogP contribution is 2.32. The van der Waals surface area contributed by atoms with Gasteiger partial charge in [-0.15, -0.1) is 0 Å². The maximum atomic E-state index is 12.5. The number of fused-ring (bicyclic) bond motifs is 1. The van der Waals surface area contributed by atoms with Gasteiger partial charge in [-0.1, -0.05) is 19.3 Å². The van der Waals surface area contributed by atoms with E-state index in [1.54, 1.807) is 11.8 Å². The van der Waals surface area contributed by atoms with E-state index in [2.05, 4.69) is 5.32 Å². The van der Waals surface area contributed by atoms with Gasteiger partial charge in [0.2, 0.25) is 11.8 Å². The largest absolute Gasteiger partial charge is 0.324 e. The topological polar surface area (TPSA) is 75.4 Å². The van der Waals surface area contributed by atoms with Crippen molar-refractivity contribution in [2.24, 2.45) is 5.73 Å². The summed E-state index contributed by atoms with van der Waals surface area (Å²) in [7, 11) is 0. The van der Waals surface area contributed by atoms with Gasteiger partial charge < -0.3 is 16.0 Å². The first-order valence-electron chi connectivity index (χ1n) is 8.01. The molecule has 1 aromatic rings. The van der Waals surface area contributed by atoms with Crippen molar-refractivity contribution in [2.75, 3.05) is 16.8 Å². The lowest BCUT2D eigenvalue weighted by atomic mass is 9.82. The molecule has 1 saturated carbocycles. The first kappa shape index (κ1) is 15.0. The van der Waals surface area contributed by atoms with Crippen LogP contribution in [0.2, 0.25) is 0 Å². The Balaban J connectivity index is 1.74. The van der Waals surface area contributed by atoms with E-state index in [9.17, 15) is 9.59 Å². The third kappa shape index (κ3) is 2.73. The Morgan fingerprint density at radius 2 is 1.95 bits per heavy atom. The highest BCUT2D eigenvalue weighted by atomic mass is 16.2. The van der Waals surface area contributed by atoms with Crippen LogP contribution in [-0.2, 0) is 16.0 Å². The molecule has 0 spiro atoms. The number of rotatable bonds is 2. The maximum absolute atomic E-state index is 12.5. The van der Waals surface area contributed by atoms with Gasteiger partial charge in [-0.05, 0) is 43.0 Å². The SMILES string of the molecule is CC(=O)N1CCc2cc(NC(=O)C3(N)CCCCC3)ccc21. The average molecular weight is 301 g/mol. The highest BCUT2D eigenvalue weighted by molar-refractivity contribution is 5.99. The third-order valence-corrected chi connectivity index (χ3v) is 4.81. The van der Waals surface area contributed by atoms with Gasteiger partial charge in [0.15, 0.2) is 0 Å². The molecule has 3 N–H and O–H groups in total. The molecule has 3 rings (SSSR count). The zero-order chi connectivity index (χ0) is 15.7. The van der Waals surface area contributed by atoms with E-state index < -0.39 is 5.54 Å². The Morgan fingerprint density at radius 1 is 1.23 bits per heavy atom. The summed E-state index contributed by atoms with van der Waals surface area (Å²) in [6.07, 6.45) is 5.52. The lowest BCUT2D eigenvalue weighted by molar-refractivity contribution is -0.122. The summed E-state index contributed by atoms with van der Waals surface area (Å²) in [5, 5.41) is 2.96. The van der Waals surface area contributed by atoms with Crippen molar-refractivity contribution in [3.05, 3.63) is 23.8 Å². The second-order valence-electron chi connectivity index (χ2n) is 6.44. The maximum Gasteiger partial charge on any atom is 0.244 e. The monoisotopic (exact) mass is 301 g/mol.